The van der Waals surface area contributed by atoms with Gasteiger partial charge < -0.3 is 5.11 Å². The Morgan fingerprint density at radius 2 is 2.35 bits per heavy atom. The Morgan fingerprint density at radius 1 is 1.50 bits per heavy atom. The summed E-state index contributed by atoms with van der Waals surface area (Å²) in [7, 11) is 0. The highest BCUT2D eigenvalue weighted by atomic mass is 79.9. The highest BCUT2D eigenvalue weighted by Gasteiger charge is 2.39. The number of aliphatic hydroxyl groups is 1. The quantitative estimate of drug-likeness (QED) is 0.899. The van der Waals surface area contributed by atoms with E-state index >= 15 is 0 Å². The first kappa shape index (κ1) is 13.7. The van der Waals surface area contributed by atoms with Gasteiger partial charge in [0.05, 0.1) is 6.20 Å². The van der Waals surface area contributed by atoms with Crippen molar-refractivity contribution in [2.75, 3.05) is 13.1 Å². The lowest BCUT2D eigenvalue weighted by Crippen LogP contribution is -2.31. The van der Waals surface area contributed by atoms with Gasteiger partial charge in [0, 0.05) is 24.1 Å². The number of hydrogen-bond donors (Lipinski definition) is 2. The Morgan fingerprint density at radius 3 is 3.05 bits per heavy atom. The van der Waals surface area contributed by atoms with E-state index in [0.29, 0.717) is 18.7 Å². The molecule has 1 unspecified atom stereocenters. The molecule has 2 N–H and O–H groups in total. The van der Waals surface area contributed by atoms with Crippen LogP contribution in [0.15, 0.2) is 28.9 Å². The molecular weight excluding hydrogens is 320 g/mol. The second-order valence-corrected chi connectivity index (χ2v) is 6.29. The first-order chi connectivity index (χ1) is 9.57. The number of aryl methyl sites for hydroxylation is 1. The molecule has 1 saturated heterocycles. The van der Waals surface area contributed by atoms with E-state index in [4.69, 9.17) is 0 Å². The number of H-pyrrole nitrogens is 1. The smallest absolute Gasteiger partial charge is 0.124 e. The Labute approximate surface area is 126 Å². The molecule has 1 aliphatic heterocycles. The van der Waals surface area contributed by atoms with Crippen molar-refractivity contribution < 1.29 is 5.11 Å². The third-order valence-electron chi connectivity index (χ3n) is 3.85. The van der Waals surface area contributed by atoms with Gasteiger partial charge in [-0.25, -0.2) is 0 Å². The van der Waals surface area contributed by atoms with Crippen LogP contribution in [0.25, 0.3) is 0 Å². The van der Waals surface area contributed by atoms with E-state index in [2.05, 4.69) is 61.4 Å². The summed E-state index contributed by atoms with van der Waals surface area (Å²) in [5.74, 6) is 0. The summed E-state index contributed by atoms with van der Waals surface area (Å²) in [6, 6.07) is 6.37. The van der Waals surface area contributed by atoms with Gasteiger partial charge >= 0.3 is 0 Å². The second-order valence-electron chi connectivity index (χ2n) is 5.43. The number of aromatic nitrogens is 3. The molecule has 1 fully saturated rings. The maximum atomic E-state index is 10.6. The molecule has 0 spiro atoms. The standard InChI is InChI=1S/C14H17BrN4O/c1-10-6-11(2-3-12(10)15)8-19-5-4-14(20,9-19)13-7-16-18-17-13/h2-3,6-7,20H,4-5,8-9H2,1H3,(H,16,17,18). The van der Waals surface area contributed by atoms with E-state index < -0.39 is 5.60 Å². The van der Waals surface area contributed by atoms with Crippen LogP contribution >= 0.6 is 15.9 Å². The van der Waals surface area contributed by atoms with Crippen molar-refractivity contribution >= 4 is 15.9 Å². The van der Waals surface area contributed by atoms with Gasteiger partial charge in [-0.15, -0.1) is 0 Å². The molecule has 1 aliphatic rings. The molecule has 0 aliphatic carbocycles. The SMILES string of the molecule is Cc1cc(CN2CCC(O)(c3cn[nH]n3)C2)ccc1Br. The van der Waals surface area contributed by atoms with E-state index in [-0.39, 0.29) is 0 Å². The normalized spacial score (nSPS) is 23.4. The number of β-amino-alcohol motifs (C(OH)–C–C–N with tert-alkyl or cyclic N) is 1. The van der Waals surface area contributed by atoms with E-state index in [1.54, 1.807) is 6.20 Å². The van der Waals surface area contributed by atoms with E-state index in [9.17, 15) is 5.11 Å². The van der Waals surface area contributed by atoms with E-state index in [1.165, 1.54) is 11.1 Å². The molecule has 0 radical (unpaired) electrons. The second kappa shape index (κ2) is 5.27. The highest BCUT2D eigenvalue weighted by Crippen LogP contribution is 2.31. The zero-order valence-corrected chi connectivity index (χ0v) is 12.9. The molecule has 20 heavy (non-hydrogen) atoms. The molecule has 0 bridgehead atoms. The lowest BCUT2D eigenvalue weighted by molar-refractivity contribution is 0.0409. The Bertz CT molecular complexity index is 601. The van der Waals surface area contributed by atoms with Crippen molar-refractivity contribution in [2.45, 2.75) is 25.5 Å². The molecule has 106 valence electrons. The summed E-state index contributed by atoms with van der Waals surface area (Å²) in [6.45, 7) is 4.38. The summed E-state index contributed by atoms with van der Waals surface area (Å²) in [4.78, 5) is 2.25. The fourth-order valence-electron chi connectivity index (χ4n) is 2.70. The van der Waals surface area contributed by atoms with Gasteiger partial charge in [0.2, 0.25) is 0 Å². The van der Waals surface area contributed by atoms with Crippen LogP contribution in [0, 0.1) is 6.92 Å². The number of likely N-dealkylation sites (tertiary alicyclic amines) is 1. The predicted octanol–water partition coefficient (Wildman–Crippen LogP) is 1.97. The summed E-state index contributed by atoms with van der Waals surface area (Å²) in [5.41, 5.74) is 2.24. The minimum atomic E-state index is -0.878. The summed E-state index contributed by atoms with van der Waals surface area (Å²) >= 11 is 3.51. The lowest BCUT2D eigenvalue weighted by atomic mass is 10.00. The minimum absolute atomic E-state index is 0.592. The van der Waals surface area contributed by atoms with Crippen molar-refractivity contribution in [1.29, 1.82) is 0 Å². The van der Waals surface area contributed by atoms with Gasteiger partial charge in [-0.05, 0) is 30.5 Å². The maximum absolute atomic E-state index is 10.6. The van der Waals surface area contributed by atoms with Crippen LogP contribution in [0.3, 0.4) is 0 Å². The van der Waals surface area contributed by atoms with Crippen molar-refractivity contribution in [3.05, 3.63) is 45.7 Å². The van der Waals surface area contributed by atoms with E-state index in [0.717, 1.165) is 17.6 Å². The lowest BCUT2D eigenvalue weighted by Gasteiger charge is -2.21. The number of hydrogen-bond acceptors (Lipinski definition) is 4. The zero-order chi connectivity index (χ0) is 14.2. The molecule has 2 aromatic rings. The van der Waals surface area contributed by atoms with Gasteiger partial charge in [0.25, 0.3) is 0 Å². The molecule has 1 aromatic heterocycles. The van der Waals surface area contributed by atoms with Gasteiger partial charge in [0.1, 0.15) is 11.3 Å². The summed E-state index contributed by atoms with van der Waals surface area (Å²) in [6.07, 6.45) is 2.29. The van der Waals surface area contributed by atoms with Crippen LogP contribution < -0.4 is 0 Å². The number of aromatic amines is 1. The van der Waals surface area contributed by atoms with Crippen LogP contribution in [-0.2, 0) is 12.1 Å². The van der Waals surface area contributed by atoms with Crippen LogP contribution in [0.5, 0.6) is 0 Å². The first-order valence-electron chi connectivity index (χ1n) is 6.63. The Balaban J connectivity index is 1.70. The van der Waals surface area contributed by atoms with Gasteiger partial charge in [0.15, 0.2) is 0 Å². The van der Waals surface area contributed by atoms with Crippen molar-refractivity contribution in [3.8, 4) is 0 Å². The van der Waals surface area contributed by atoms with Crippen molar-refractivity contribution in [3.63, 3.8) is 0 Å². The zero-order valence-electron chi connectivity index (χ0n) is 11.3. The number of rotatable bonds is 3. The number of halogens is 1. The fourth-order valence-corrected chi connectivity index (χ4v) is 2.95. The third-order valence-corrected chi connectivity index (χ3v) is 4.74. The summed E-state index contributed by atoms with van der Waals surface area (Å²) in [5, 5.41) is 21.0. The molecule has 5 nitrogen and oxygen atoms in total. The molecule has 6 heteroatoms. The van der Waals surface area contributed by atoms with Crippen LogP contribution in [0.4, 0.5) is 0 Å². The van der Waals surface area contributed by atoms with Crippen LogP contribution in [0.1, 0.15) is 23.2 Å². The monoisotopic (exact) mass is 336 g/mol. The van der Waals surface area contributed by atoms with E-state index in [1.807, 2.05) is 0 Å². The topological polar surface area (TPSA) is 65.0 Å². The molecule has 2 heterocycles. The molecule has 0 saturated carbocycles. The van der Waals surface area contributed by atoms with Crippen molar-refractivity contribution in [1.82, 2.24) is 20.3 Å². The van der Waals surface area contributed by atoms with Crippen molar-refractivity contribution in [2.24, 2.45) is 0 Å². The molecular formula is C14H17BrN4O. The number of benzene rings is 1. The average Bonchev–Trinajstić information content (AvgIpc) is 3.05. The Kier molecular flexibility index (Phi) is 3.62. The molecule has 1 aromatic carbocycles. The highest BCUT2D eigenvalue weighted by molar-refractivity contribution is 9.10. The van der Waals surface area contributed by atoms with Gasteiger partial charge in [-0.3, -0.25) is 4.90 Å². The minimum Gasteiger partial charge on any atom is -0.382 e. The Hall–Kier alpha value is -1.24. The van der Waals surface area contributed by atoms with Gasteiger partial charge in [-0.2, -0.15) is 15.4 Å². The van der Waals surface area contributed by atoms with Crippen LogP contribution in [-0.4, -0.2) is 38.5 Å². The fraction of sp³-hybridized carbons (Fsp3) is 0.429. The number of nitrogens with zero attached hydrogens (tertiary/aromatic N) is 3. The number of nitrogens with one attached hydrogen (secondary N) is 1. The largest absolute Gasteiger partial charge is 0.382 e. The third kappa shape index (κ3) is 2.63. The molecule has 0 amide bonds. The maximum Gasteiger partial charge on any atom is 0.124 e. The molecule has 3 rings (SSSR count). The average molecular weight is 337 g/mol. The van der Waals surface area contributed by atoms with Crippen LogP contribution in [0.2, 0.25) is 0 Å². The molecule has 1 atom stereocenters. The van der Waals surface area contributed by atoms with Gasteiger partial charge in [-0.1, -0.05) is 28.1 Å². The summed E-state index contributed by atoms with van der Waals surface area (Å²) < 4.78 is 1.13. The first-order valence-corrected chi connectivity index (χ1v) is 7.42. The predicted molar refractivity (Wildman–Crippen MR) is 79.1 cm³/mol.